The molecular weight excluding hydrogens is 287 g/mol. The first-order valence-corrected chi connectivity index (χ1v) is 6.70. The van der Waals surface area contributed by atoms with E-state index < -0.39 is 5.97 Å². The SMILES string of the molecule is O=C(/C=C/c1ccc(F)cc1)OCc1ccc2c(c1)OCO2. The van der Waals surface area contributed by atoms with Gasteiger partial charge in [-0.15, -0.1) is 0 Å². The van der Waals surface area contributed by atoms with Crippen LogP contribution in [0.2, 0.25) is 0 Å². The second-order valence-corrected chi connectivity index (χ2v) is 4.68. The first-order chi connectivity index (χ1) is 10.7. The highest BCUT2D eigenvalue weighted by Crippen LogP contribution is 2.32. The minimum atomic E-state index is -0.470. The minimum Gasteiger partial charge on any atom is -0.458 e. The van der Waals surface area contributed by atoms with Crippen molar-refractivity contribution < 1.29 is 23.4 Å². The van der Waals surface area contributed by atoms with Crippen molar-refractivity contribution in [2.24, 2.45) is 0 Å². The summed E-state index contributed by atoms with van der Waals surface area (Å²) in [4.78, 5) is 11.7. The van der Waals surface area contributed by atoms with Gasteiger partial charge in [-0.25, -0.2) is 9.18 Å². The second-order valence-electron chi connectivity index (χ2n) is 4.68. The number of benzene rings is 2. The third-order valence-corrected chi connectivity index (χ3v) is 3.10. The quantitative estimate of drug-likeness (QED) is 0.642. The van der Waals surface area contributed by atoms with Gasteiger partial charge in [-0.1, -0.05) is 18.2 Å². The molecule has 112 valence electrons. The van der Waals surface area contributed by atoms with E-state index in [1.165, 1.54) is 18.2 Å². The fraction of sp³-hybridized carbons (Fsp3) is 0.118. The predicted octanol–water partition coefficient (Wildman–Crippen LogP) is 3.31. The Kier molecular flexibility index (Phi) is 4.05. The highest BCUT2D eigenvalue weighted by atomic mass is 19.1. The van der Waals surface area contributed by atoms with E-state index in [0.29, 0.717) is 11.5 Å². The van der Waals surface area contributed by atoms with Crippen molar-refractivity contribution in [1.82, 2.24) is 0 Å². The summed E-state index contributed by atoms with van der Waals surface area (Å²) in [5.74, 6) is 0.547. The molecule has 3 rings (SSSR count). The standard InChI is InChI=1S/C17H13FO4/c18-14-5-1-12(2-6-14)4-8-17(19)20-10-13-3-7-15-16(9-13)22-11-21-15/h1-9H,10-11H2/b8-4+. The van der Waals surface area contributed by atoms with E-state index in [4.69, 9.17) is 14.2 Å². The molecule has 0 aliphatic carbocycles. The molecule has 0 amide bonds. The molecule has 0 radical (unpaired) electrons. The summed E-state index contributed by atoms with van der Waals surface area (Å²) in [5, 5.41) is 0. The molecule has 1 heterocycles. The zero-order valence-electron chi connectivity index (χ0n) is 11.6. The molecule has 0 atom stereocenters. The molecule has 5 heteroatoms. The summed E-state index contributed by atoms with van der Waals surface area (Å²) in [6.45, 7) is 0.349. The number of halogens is 1. The van der Waals surface area contributed by atoms with Crippen molar-refractivity contribution in [1.29, 1.82) is 0 Å². The molecule has 0 saturated heterocycles. The van der Waals surface area contributed by atoms with Crippen LogP contribution in [0.4, 0.5) is 4.39 Å². The van der Waals surface area contributed by atoms with Gasteiger partial charge in [-0.2, -0.15) is 0 Å². The maximum atomic E-state index is 12.8. The number of fused-ring (bicyclic) bond motifs is 1. The molecule has 0 aromatic heterocycles. The van der Waals surface area contributed by atoms with Crippen molar-refractivity contribution in [3.8, 4) is 11.5 Å². The zero-order chi connectivity index (χ0) is 15.4. The average molecular weight is 300 g/mol. The van der Waals surface area contributed by atoms with E-state index in [9.17, 15) is 9.18 Å². The molecular formula is C17H13FO4. The lowest BCUT2D eigenvalue weighted by molar-refractivity contribution is -0.138. The molecule has 1 aliphatic heterocycles. The lowest BCUT2D eigenvalue weighted by Crippen LogP contribution is -2.00. The number of carbonyl (C=O) groups excluding carboxylic acids is 1. The summed E-state index contributed by atoms with van der Waals surface area (Å²) in [6, 6.07) is 11.2. The Morgan fingerprint density at radius 2 is 1.91 bits per heavy atom. The van der Waals surface area contributed by atoms with Crippen LogP contribution in [0, 0.1) is 5.82 Å². The van der Waals surface area contributed by atoms with Gasteiger partial charge in [0, 0.05) is 6.08 Å². The van der Waals surface area contributed by atoms with Gasteiger partial charge in [-0.3, -0.25) is 0 Å². The molecule has 2 aromatic carbocycles. The maximum absolute atomic E-state index is 12.8. The Morgan fingerprint density at radius 1 is 1.14 bits per heavy atom. The second kappa shape index (κ2) is 6.30. The van der Waals surface area contributed by atoms with Crippen molar-refractivity contribution in [3.63, 3.8) is 0 Å². The molecule has 22 heavy (non-hydrogen) atoms. The lowest BCUT2D eigenvalue weighted by atomic mass is 10.2. The van der Waals surface area contributed by atoms with E-state index in [-0.39, 0.29) is 19.2 Å². The minimum absolute atomic E-state index is 0.142. The van der Waals surface area contributed by atoms with Crippen LogP contribution < -0.4 is 9.47 Å². The van der Waals surface area contributed by atoms with Gasteiger partial charge in [0.1, 0.15) is 12.4 Å². The highest BCUT2D eigenvalue weighted by molar-refractivity contribution is 5.87. The summed E-state index contributed by atoms with van der Waals surface area (Å²) in [7, 11) is 0. The molecule has 2 aromatic rings. The van der Waals surface area contributed by atoms with Crippen LogP contribution in [0.25, 0.3) is 6.08 Å². The zero-order valence-corrected chi connectivity index (χ0v) is 11.6. The summed E-state index contributed by atoms with van der Waals surface area (Å²) in [6.07, 6.45) is 2.88. The Labute approximate surface area is 126 Å². The molecule has 0 N–H and O–H groups in total. The van der Waals surface area contributed by atoms with Crippen molar-refractivity contribution in [3.05, 3.63) is 65.5 Å². The average Bonchev–Trinajstić information content (AvgIpc) is 3.00. The van der Waals surface area contributed by atoms with Gasteiger partial charge in [-0.05, 0) is 41.5 Å². The lowest BCUT2D eigenvalue weighted by Gasteiger charge is -2.03. The number of hydrogen-bond donors (Lipinski definition) is 0. The van der Waals surface area contributed by atoms with Crippen LogP contribution in [0.15, 0.2) is 48.5 Å². The van der Waals surface area contributed by atoms with Crippen LogP contribution in [0.5, 0.6) is 11.5 Å². The fourth-order valence-corrected chi connectivity index (χ4v) is 1.97. The van der Waals surface area contributed by atoms with Crippen LogP contribution >= 0.6 is 0 Å². The van der Waals surface area contributed by atoms with Gasteiger partial charge < -0.3 is 14.2 Å². The number of ether oxygens (including phenoxy) is 3. The van der Waals surface area contributed by atoms with Gasteiger partial charge in [0.05, 0.1) is 0 Å². The fourth-order valence-electron chi connectivity index (χ4n) is 1.97. The Hall–Kier alpha value is -2.82. The summed E-state index contributed by atoms with van der Waals surface area (Å²) in [5.41, 5.74) is 1.54. The number of rotatable bonds is 4. The van der Waals surface area contributed by atoms with Gasteiger partial charge in [0.25, 0.3) is 0 Å². The highest BCUT2D eigenvalue weighted by Gasteiger charge is 2.13. The maximum Gasteiger partial charge on any atom is 0.331 e. The molecule has 0 bridgehead atoms. The van der Waals surface area contributed by atoms with Gasteiger partial charge in [0.15, 0.2) is 11.5 Å². The van der Waals surface area contributed by atoms with E-state index in [0.717, 1.165) is 11.1 Å². The Balaban J connectivity index is 1.55. The van der Waals surface area contributed by atoms with E-state index >= 15 is 0 Å². The topological polar surface area (TPSA) is 44.8 Å². The monoisotopic (exact) mass is 300 g/mol. The Bertz CT molecular complexity index is 707. The summed E-state index contributed by atoms with van der Waals surface area (Å²) >= 11 is 0. The first-order valence-electron chi connectivity index (χ1n) is 6.70. The molecule has 1 aliphatic rings. The number of esters is 1. The predicted molar refractivity (Wildman–Crippen MR) is 77.8 cm³/mol. The van der Waals surface area contributed by atoms with Gasteiger partial charge >= 0.3 is 5.97 Å². The van der Waals surface area contributed by atoms with E-state index in [1.54, 1.807) is 30.3 Å². The van der Waals surface area contributed by atoms with Crippen molar-refractivity contribution >= 4 is 12.0 Å². The van der Waals surface area contributed by atoms with Crippen LogP contribution in [0.1, 0.15) is 11.1 Å². The van der Waals surface area contributed by atoms with Crippen molar-refractivity contribution in [2.45, 2.75) is 6.61 Å². The smallest absolute Gasteiger partial charge is 0.331 e. The number of carbonyl (C=O) groups is 1. The van der Waals surface area contributed by atoms with Gasteiger partial charge in [0.2, 0.25) is 6.79 Å². The third-order valence-electron chi connectivity index (χ3n) is 3.10. The number of hydrogen-bond acceptors (Lipinski definition) is 4. The molecule has 0 saturated carbocycles. The first kappa shape index (κ1) is 14.1. The van der Waals surface area contributed by atoms with Crippen LogP contribution in [0.3, 0.4) is 0 Å². The molecule has 0 spiro atoms. The summed E-state index contributed by atoms with van der Waals surface area (Å²) < 4.78 is 28.4. The van der Waals surface area contributed by atoms with E-state index in [1.807, 2.05) is 6.07 Å². The van der Waals surface area contributed by atoms with Crippen LogP contribution in [-0.2, 0) is 16.1 Å². The molecule has 0 fully saturated rings. The normalized spacial score (nSPS) is 12.6. The third kappa shape index (κ3) is 3.44. The van der Waals surface area contributed by atoms with E-state index in [2.05, 4.69) is 0 Å². The molecule has 4 nitrogen and oxygen atoms in total. The Morgan fingerprint density at radius 3 is 2.73 bits per heavy atom. The van der Waals surface area contributed by atoms with Crippen molar-refractivity contribution in [2.75, 3.05) is 6.79 Å². The van der Waals surface area contributed by atoms with Crippen LogP contribution in [-0.4, -0.2) is 12.8 Å². The molecule has 0 unspecified atom stereocenters. The largest absolute Gasteiger partial charge is 0.458 e.